The van der Waals surface area contributed by atoms with Crippen LogP contribution in [-0.4, -0.2) is 44.3 Å². The second-order valence-electron chi connectivity index (χ2n) is 10.6. The van der Waals surface area contributed by atoms with E-state index in [0.717, 1.165) is 77.9 Å². The molecule has 1 saturated heterocycles. The number of hydrogen-bond donors (Lipinski definition) is 2. The highest BCUT2D eigenvalue weighted by molar-refractivity contribution is 6.09. The van der Waals surface area contributed by atoms with Gasteiger partial charge >= 0.3 is 0 Å². The van der Waals surface area contributed by atoms with E-state index < -0.39 is 0 Å². The molecule has 198 valence electrons. The van der Waals surface area contributed by atoms with Crippen molar-refractivity contribution < 1.29 is 9.59 Å². The summed E-state index contributed by atoms with van der Waals surface area (Å²) in [6.07, 6.45) is 5.79. The maximum absolute atomic E-state index is 13.0. The van der Waals surface area contributed by atoms with Crippen molar-refractivity contribution in [2.75, 3.05) is 24.1 Å². The molecule has 2 aliphatic rings. The van der Waals surface area contributed by atoms with E-state index >= 15 is 0 Å². The second-order valence-corrected chi connectivity index (χ2v) is 10.6. The molecule has 0 unspecified atom stereocenters. The molecule has 2 amide bonds. The van der Waals surface area contributed by atoms with Gasteiger partial charge in [-0.25, -0.2) is 9.97 Å². The van der Waals surface area contributed by atoms with E-state index in [9.17, 15) is 9.59 Å². The fourth-order valence-electron chi connectivity index (χ4n) is 5.58. The van der Waals surface area contributed by atoms with E-state index in [-0.39, 0.29) is 11.8 Å². The molecule has 2 aromatic heterocycles. The van der Waals surface area contributed by atoms with Gasteiger partial charge in [0.1, 0.15) is 17.8 Å². The van der Waals surface area contributed by atoms with Gasteiger partial charge in [-0.15, -0.1) is 0 Å². The smallest absolute Gasteiger partial charge is 0.253 e. The number of amides is 2. The Morgan fingerprint density at radius 1 is 1.05 bits per heavy atom. The molecule has 0 bridgehead atoms. The van der Waals surface area contributed by atoms with Crippen molar-refractivity contribution in [3.05, 3.63) is 72.1 Å². The number of fused-ring (bicyclic) bond motifs is 1. The lowest BCUT2D eigenvalue weighted by Gasteiger charge is -2.17. The number of anilines is 2. The number of carbonyl (C=O) groups is 2. The zero-order valence-corrected chi connectivity index (χ0v) is 22.3. The number of nitrogen functional groups attached to an aromatic ring is 1. The summed E-state index contributed by atoms with van der Waals surface area (Å²) >= 11 is 0. The summed E-state index contributed by atoms with van der Waals surface area (Å²) < 4.78 is 2.07. The Hall–Kier alpha value is -4.46. The van der Waals surface area contributed by atoms with Gasteiger partial charge in [-0.3, -0.25) is 9.59 Å². The minimum absolute atomic E-state index is 0.0726. The minimum Gasteiger partial charge on any atom is -0.383 e. The van der Waals surface area contributed by atoms with Crippen LogP contribution in [0.4, 0.5) is 11.5 Å². The first-order valence-corrected chi connectivity index (χ1v) is 13.4. The molecule has 0 atom stereocenters. The van der Waals surface area contributed by atoms with Crippen LogP contribution in [0.1, 0.15) is 54.4 Å². The van der Waals surface area contributed by atoms with Gasteiger partial charge in [-0.05, 0) is 73.9 Å². The van der Waals surface area contributed by atoms with Crippen molar-refractivity contribution in [2.24, 2.45) is 7.05 Å². The van der Waals surface area contributed by atoms with E-state index in [1.807, 2.05) is 42.3 Å². The molecule has 8 nitrogen and oxygen atoms in total. The third kappa shape index (κ3) is 4.46. The number of nitrogens with zero attached hydrogens (tertiary/aromatic N) is 4. The van der Waals surface area contributed by atoms with Gasteiger partial charge in [0.05, 0.1) is 11.1 Å². The molecule has 0 radical (unpaired) electrons. The van der Waals surface area contributed by atoms with Crippen LogP contribution in [0.5, 0.6) is 0 Å². The first-order chi connectivity index (χ1) is 18.8. The molecule has 2 aromatic carbocycles. The van der Waals surface area contributed by atoms with E-state index in [2.05, 4.69) is 38.6 Å². The van der Waals surface area contributed by atoms with Crippen LogP contribution < -0.4 is 11.1 Å². The number of aromatic nitrogens is 3. The first kappa shape index (κ1) is 24.9. The highest BCUT2D eigenvalue weighted by atomic mass is 16.2. The maximum Gasteiger partial charge on any atom is 0.253 e. The van der Waals surface area contributed by atoms with Crippen molar-refractivity contribution >= 4 is 34.4 Å². The van der Waals surface area contributed by atoms with Gasteiger partial charge in [0.2, 0.25) is 0 Å². The van der Waals surface area contributed by atoms with Crippen LogP contribution in [0.3, 0.4) is 0 Å². The summed E-state index contributed by atoms with van der Waals surface area (Å²) in [5, 5.41) is 3.74. The Morgan fingerprint density at radius 3 is 2.44 bits per heavy atom. The maximum atomic E-state index is 13.0. The van der Waals surface area contributed by atoms with Gasteiger partial charge < -0.3 is 20.5 Å². The number of carbonyl (C=O) groups excluding carboxylic acids is 2. The molecule has 1 aliphatic heterocycles. The highest BCUT2D eigenvalue weighted by Crippen LogP contribution is 2.49. The topological polar surface area (TPSA) is 106 Å². The monoisotopic (exact) mass is 520 g/mol. The van der Waals surface area contributed by atoms with Crippen LogP contribution in [0.15, 0.2) is 60.9 Å². The van der Waals surface area contributed by atoms with Crippen molar-refractivity contribution in [3.8, 4) is 22.4 Å². The molecule has 4 aromatic rings. The molecule has 8 heteroatoms. The number of nitrogens with two attached hydrogens (primary N) is 1. The number of rotatable bonds is 6. The molecule has 1 aliphatic carbocycles. The Balaban J connectivity index is 1.50. The summed E-state index contributed by atoms with van der Waals surface area (Å²) in [6, 6.07) is 13.8. The zero-order valence-electron chi connectivity index (χ0n) is 22.3. The van der Waals surface area contributed by atoms with E-state index in [1.165, 1.54) is 11.9 Å². The molecule has 0 spiro atoms. The Morgan fingerprint density at radius 2 is 1.77 bits per heavy atom. The van der Waals surface area contributed by atoms with Gasteiger partial charge in [0.25, 0.3) is 11.8 Å². The average Bonchev–Trinajstić information content (AvgIpc) is 3.55. The largest absolute Gasteiger partial charge is 0.383 e. The number of hydrogen-bond acceptors (Lipinski definition) is 5. The van der Waals surface area contributed by atoms with Crippen LogP contribution in [0.2, 0.25) is 0 Å². The van der Waals surface area contributed by atoms with Crippen LogP contribution >= 0.6 is 0 Å². The van der Waals surface area contributed by atoms with Gasteiger partial charge in [-0.2, -0.15) is 0 Å². The SMILES string of the molecule is C=C(C)C(=O)Nc1ccc(-c2c(-c3ccc(C(=O)N4CCCC4)cc3)c3c(N)ncnc3n2C)c(C2CC2)c1. The first-order valence-electron chi connectivity index (χ1n) is 13.4. The minimum atomic E-state index is -0.193. The van der Waals surface area contributed by atoms with Crippen LogP contribution in [0, 0.1) is 0 Å². The van der Waals surface area contributed by atoms with Crippen LogP contribution in [0.25, 0.3) is 33.4 Å². The third-order valence-electron chi connectivity index (χ3n) is 7.78. The molecule has 1 saturated carbocycles. The molecular formula is C31H32N6O2. The van der Waals surface area contributed by atoms with Gasteiger partial charge in [0.15, 0.2) is 0 Å². The summed E-state index contributed by atoms with van der Waals surface area (Å²) in [7, 11) is 1.99. The fraction of sp³-hybridized carbons (Fsp3) is 0.290. The molecule has 3 N–H and O–H groups in total. The van der Waals surface area contributed by atoms with Crippen molar-refractivity contribution in [1.29, 1.82) is 0 Å². The number of likely N-dealkylation sites (tertiary alicyclic amines) is 1. The Bertz CT molecular complexity index is 1630. The van der Waals surface area contributed by atoms with Crippen molar-refractivity contribution in [2.45, 2.75) is 38.5 Å². The molecule has 39 heavy (non-hydrogen) atoms. The summed E-state index contributed by atoms with van der Waals surface area (Å²) in [5.41, 5.74) is 14.2. The summed E-state index contributed by atoms with van der Waals surface area (Å²) in [6.45, 7) is 7.08. The van der Waals surface area contributed by atoms with E-state index in [0.29, 0.717) is 22.9 Å². The summed E-state index contributed by atoms with van der Waals surface area (Å²) in [4.78, 5) is 36.1. The predicted octanol–water partition coefficient (Wildman–Crippen LogP) is 5.51. The van der Waals surface area contributed by atoms with E-state index in [4.69, 9.17) is 5.73 Å². The quantitative estimate of drug-likeness (QED) is 0.326. The zero-order chi connectivity index (χ0) is 27.3. The predicted molar refractivity (Wildman–Crippen MR) is 154 cm³/mol. The highest BCUT2D eigenvalue weighted by Gasteiger charge is 2.30. The van der Waals surface area contributed by atoms with Gasteiger partial charge in [0, 0.05) is 48.1 Å². The standard InChI is InChI=1S/C31H32N6O2/c1-18(2)30(38)35-22-12-13-23(24(16-22)19-6-7-19)27-25(26-28(32)33-17-34-29(26)36(27)3)20-8-10-21(11-9-20)31(39)37-14-4-5-15-37/h8-13,16-17,19H,1,4-7,14-15H2,2-3H3,(H,35,38)(H2,32,33,34). The fourth-order valence-corrected chi connectivity index (χ4v) is 5.58. The van der Waals surface area contributed by atoms with E-state index in [1.54, 1.807) is 6.92 Å². The average molecular weight is 521 g/mol. The molecule has 6 rings (SSSR count). The Labute approximate surface area is 227 Å². The lowest BCUT2D eigenvalue weighted by molar-refractivity contribution is -0.112. The van der Waals surface area contributed by atoms with Crippen LogP contribution in [-0.2, 0) is 11.8 Å². The second kappa shape index (κ2) is 9.69. The normalized spacial score (nSPS) is 15.1. The number of nitrogens with one attached hydrogen (secondary N) is 1. The molecule has 2 fully saturated rings. The third-order valence-corrected chi connectivity index (χ3v) is 7.78. The lowest BCUT2D eigenvalue weighted by atomic mass is 9.93. The molecular weight excluding hydrogens is 488 g/mol. The van der Waals surface area contributed by atoms with Crippen molar-refractivity contribution in [1.82, 2.24) is 19.4 Å². The van der Waals surface area contributed by atoms with Crippen molar-refractivity contribution in [3.63, 3.8) is 0 Å². The lowest BCUT2D eigenvalue weighted by Crippen LogP contribution is -2.27. The molecule has 3 heterocycles. The Kier molecular flexibility index (Phi) is 6.17. The number of aryl methyl sites for hydroxylation is 1. The van der Waals surface area contributed by atoms with Gasteiger partial charge in [-0.1, -0.05) is 24.8 Å². The summed E-state index contributed by atoms with van der Waals surface area (Å²) in [5.74, 6) is 0.702. The number of benzene rings is 2.